The highest BCUT2D eigenvalue weighted by molar-refractivity contribution is 7.21. The Hall–Kier alpha value is -1.79. The number of nitrogens with two attached hydrogens (primary N) is 1. The van der Waals surface area contributed by atoms with Gasteiger partial charge in [-0.1, -0.05) is 0 Å². The number of rotatable bonds is 3. The van der Waals surface area contributed by atoms with Gasteiger partial charge in [0.15, 0.2) is 0 Å². The van der Waals surface area contributed by atoms with Gasteiger partial charge < -0.3 is 20.5 Å². The molecule has 1 aromatic heterocycles. The number of hydrogen-bond acceptors (Lipinski definition) is 5. The Morgan fingerprint density at radius 2 is 2.38 bits per heavy atom. The van der Waals surface area contributed by atoms with Crippen molar-refractivity contribution in [1.82, 2.24) is 4.90 Å². The van der Waals surface area contributed by atoms with Gasteiger partial charge in [-0.2, -0.15) is 0 Å². The molecule has 1 aliphatic rings. The van der Waals surface area contributed by atoms with E-state index in [-0.39, 0.29) is 18.4 Å². The summed E-state index contributed by atoms with van der Waals surface area (Å²) >= 11 is 1.40. The van der Waals surface area contributed by atoms with E-state index < -0.39 is 0 Å². The second-order valence-electron chi connectivity index (χ2n) is 5.30. The molecule has 1 atom stereocenters. The number of aliphatic hydroxyl groups is 1. The van der Waals surface area contributed by atoms with Crippen LogP contribution in [0.2, 0.25) is 0 Å². The lowest BCUT2D eigenvalue weighted by Gasteiger charge is -2.15. The molecule has 1 amide bonds. The Morgan fingerprint density at radius 3 is 3.05 bits per heavy atom. The number of methoxy groups -OCH3 is 1. The first-order valence-corrected chi connectivity index (χ1v) is 7.71. The molecule has 3 rings (SSSR count). The van der Waals surface area contributed by atoms with Gasteiger partial charge in [-0.25, -0.2) is 0 Å². The number of fused-ring (bicyclic) bond motifs is 1. The van der Waals surface area contributed by atoms with E-state index in [2.05, 4.69) is 0 Å². The molecule has 3 N–H and O–H groups in total. The molecule has 0 bridgehead atoms. The minimum absolute atomic E-state index is 0.0383. The fourth-order valence-corrected chi connectivity index (χ4v) is 3.81. The molecule has 1 aromatic carbocycles. The molecule has 0 spiro atoms. The highest BCUT2D eigenvalue weighted by atomic mass is 32.1. The van der Waals surface area contributed by atoms with E-state index in [1.807, 2.05) is 18.2 Å². The predicted octanol–water partition coefficient (Wildman–Crippen LogP) is 1.95. The Morgan fingerprint density at radius 1 is 1.57 bits per heavy atom. The number of carbonyl (C=O) groups is 1. The smallest absolute Gasteiger partial charge is 0.266 e. The van der Waals surface area contributed by atoms with E-state index in [0.29, 0.717) is 23.7 Å². The van der Waals surface area contributed by atoms with Crippen LogP contribution in [0.1, 0.15) is 16.1 Å². The van der Waals surface area contributed by atoms with Gasteiger partial charge in [0.25, 0.3) is 5.91 Å². The standard InChI is InChI=1S/C15H18N2O3S/c1-20-10-2-3-11-12(6-10)21-14(13(11)16)15(19)17-5-4-9(7-17)8-18/h2-3,6,9,18H,4-5,7-8,16H2,1H3. The van der Waals surface area contributed by atoms with Crippen molar-refractivity contribution in [1.29, 1.82) is 0 Å². The summed E-state index contributed by atoms with van der Waals surface area (Å²) in [5, 5.41) is 10.1. The molecule has 6 heteroatoms. The molecule has 0 saturated carbocycles. The summed E-state index contributed by atoms with van der Waals surface area (Å²) in [5.74, 6) is 0.900. The van der Waals surface area contributed by atoms with Crippen molar-refractivity contribution < 1.29 is 14.6 Å². The summed E-state index contributed by atoms with van der Waals surface area (Å²) in [4.78, 5) is 15.0. The highest BCUT2D eigenvalue weighted by Gasteiger charge is 2.29. The van der Waals surface area contributed by atoms with Crippen LogP contribution in [0.15, 0.2) is 18.2 Å². The lowest BCUT2D eigenvalue weighted by atomic mass is 10.1. The molecule has 1 fully saturated rings. The van der Waals surface area contributed by atoms with Gasteiger partial charge in [0.2, 0.25) is 0 Å². The summed E-state index contributed by atoms with van der Waals surface area (Å²) in [6.07, 6.45) is 0.848. The lowest BCUT2D eigenvalue weighted by molar-refractivity contribution is 0.0787. The molecule has 112 valence electrons. The molecule has 2 aromatic rings. The zero-order valence-corrected chi connectivity index (χ0v) is 12.7. The van der Waals surface area contributed by atoms with Crippen molar-refractivity contribution in [2.45, 2.75) is 6.42 Å². The molecule has 21 heavy (non-hydrogen) atoms. The Balaban J connectivity index is 1.93. The first-order valence-electron chi connectivity index (χ1n) is 6.90. The number of thiophene rings is 1. The summed E-state index contributed by atoms with van der Waals surface area (Å²) in [5.41, 5.74) is 6.68. The maximum Gasteiger partial charge on any atom is 0.266 e. The van der Waals surface area contributed by atoms with Crippen molar-refractivity contribution in [3.8, 4) is 5.75 Å². The van der Waals surface area contributed by atoms with Gasteiger partial charge in [-0.3, -0.25) is 4.79 Å². The Kier molecular flexibility index (Phi) is 3.73. The van der Waals surface area contributed by atoms with Crippen molar-refractivity contribution in [3.63, 3.8) is 0 Å². The van der Waals surface area contributed by atoms with Gasteiger partial charge >= 0.3 is 0 Å². The van der Waals surface area contributed by atoms with E-state index in [1.54, 1.807) is 12.0 Å². The number of benzene rings is 1. The summed E-state index contributed by atoms with van der Waals surface area (Å²) in [6, 6.07) is 5.63. The number of ether oxygens (including phenoxy) is 1. The van der Waals surface area contributed by atoms with E-state index in [4.69, 9.17) is 10.5 Å². The normalized spacial score (nSPS) is 18.4. The van der Waals surface area contributed by atoms with Crippen molar-refractivity contribution in [2.24, 2.45) is 5.92 Å². The number of nitrogens with zero attached hydrogens (tertiary/aromatic N) is 1. The molecule has 1 saturated heterocycles. The molecular weight excluding hydrogens is 288 g/mol. The van der Waals surface area contributed by atoms with Crippen LogP contribution in [-0.4, -0.2) is 42.7 Å². The molecule has 5 nitrogen and oxygen atoms in total. The number of amides is 1. The van der Waals surface area contributed by atoms with Gasteiger partial charge in [0, 0.05) is 35.7 Å². The molecule has 0 radical (unpaired) electrons. The quantitative estimate of drug-likeness (QED) is 0.909. The van der Waals surface area contributed by atoms with E-state index >= 15 is 0 Å². The van der Waals surface area contributed by atoms with Gasteiger partial charge in [-0.15, -0.1) is 11.3 Å². The maximum absolute atomic E-state index is 12.6. The average Bonchev–Trinajstić information content (AvgIpc) is 3.11. The van der Waals surface area contributed by atoms with Crippen molar-refractivity contribution in [2.75, 3.05) is 32.5 Å². The SMILES string of the molecule is COc1ccc2c(N)c(C(=O)N3CCC(CO)C3)sc2c1. The Bertz CT molecular complexity index is 683. The molecule has 1 unspecified atom stereocenters. The largest absolute Gasteiger partial charge is 0.497 e. The fraction of sp³-hybridized carbons (Fsp3) is 0.400. The van der Waals surface area contributed by atoms with Crippen LogP contribution >= 0.6 is 11.3 Å². The summed E-state index contributed by atoms with van der Waals surface area (Å²) < 4.78 is 6.15. The van der Waals surface area contributed by atoms with Crippen LogP contribution in [0.4, 0.5) is 5.69 Å². The summed E-state index contributed by atoms with van der Waals surface area (Å²) in [6.45, 7) is 1.41. The molecule has 2 heterocycles. The Labute approximate surface area is 126 Å². The first kappa shape index (κ1) is 14.2. The third kappa shape index (κ3) is 2.45. The van der Waals surface area contributed by atoms with Gasteiger partial charge in [0.1, 0.15) is 10.6 Å². The highest BCUT2D eigenvalue weighted by Crippen LogP contribution is 2.37. The first-order chi connectivity index (χ1) is 10.1. The van der Waals surface area contributed by atoms with Crippen molar-refractivity contribution >= 4 is 33.0 Å². The minimum Gasteiger partial charge on any atom is -0.497 e. The third-order valence-electron chi connectivity index (χ3n) is 3.96. The summed E-state index contributed by atoms with van der Waals surface area (Å²) in [7, 11) is 1.61. The maximum atomic E-state index is 12.6. The monoisotopic (exact) mass is 306 g/mol. The number of aliphatic hydroxyl groups excluding tert-OH is 1. The zero-order chi connectivity index (χ0) is 15.0. The van der Waals surface area contributed by atoms with Gasteiger partial charge in [0.05, 0.1) is 12.8 Å². The van der Waals surface area contributed by atoms with Gasteiger partial charge in [-0.05, 0) is 24.6 Å². The molecule has 0 aliphatic carbocycles. The minimum atomic E-state index is -0.0383. The number of anilines is 1. The van der Waals surface area contributed by atoms with Crippen LogP contribution in [0.5, 0.6) is 5.75 Å². The average molecular weight is 306 g/mol. The van der Waals surface area contributed by atoms with E-state index in [9.17, 15) is 9.90 Å². The molecule has 1 aliphatic heterocycles. The van der Waals surface area contributed by atoms with E-state index in [1.165, 1.54) is 11.3 Å². The van der Waals surface area contributed by atoms with Crippen LogP contribution in [0, 0.1) is 5.92 Å². The van der Waals surface area contributed by atoms with E-state index in [0.717, 1.165) is 22.3 Å². The van der Waals surface area contributed by atoms with Crippen LogP contribution in [-0.2, 0) is 0 Å². The predicted molar refractivity (Wildman–Crippen MR) is 83.9 cm³/mol. The third-order valence-corrected chi connectivity index (χ3v) is 5.12. The second kappa shape index (κ2) is 5.54. The number of hydrogen-bond donors (Lipinski definition) is 2. The zero-order valence-electron chi connectivity index (χ0n) is 11.8. The van der Waals surface area contributed by atoms with Crippen LogP contribution < -0.4 is 10.5 Å². The topological polar surface area (TPSA) is 75.8 Å². The van der Waals surface area contributed by atoms with Crippen LogP contribution in [0.25, 0.3) is 10.1 Å². The fourth-order valence-electron chi connectivity index (χ4n) is 2.69. The number of carbonyl (C=O) groups excluding carboxylic acids is 1. The van der Waals surface area contributed by atoms with Crippen molar-refractivity contribution in [3.05, 3.63) is 23.1 Å². The van der Waals surface area contributed by atoms with Crippen LogP contribution in [0.3, 0.4) is 0 Å². The second-order valence-corrected chi connectivity index (χ2v) is 6.35. The molecular formula is C15H18N2O3S. The number of likely N-dealkylation sites (tertiary alicyclic amines) is 1. The lowest BCUT2D eigenvalue weighted by Crippen LogP contribution is -2.29. The number of nitrogen functional groups attached to an aromatic ring is 1.